The summed E-state index contributed by atoms with van der Waals surface area (Å²) in [7, 11) is 0. The fourth-order valence-corrected chi connectivity index (χ4v) is 1.43. The summed E-state index contributed by atoms with van der Waals surface area (Å²) in [4.78, 5) is 10.2. The van der Waals surface area contributed by atoms with Gasteiger partial charge in [-0.1, -0.05) is 12.2 Å². The normalized spacial score (nSPS) is 23.5. The van der Waals surface area contributed by atoms with Crippen molar-refractivity contribution in [2.75, 3.05) is 6.61 Å². The number of ether oxygens (including phenoxy) is 1. The molecule has 0 amide bonds. The Labute approximate surface area is 78.4 Å². The lowest BCUT2D eigenvalue weighted by Crippen LogP contribution is -2.17. The SMILES string of the molecule is O=C(O)C/C=C\CC1CCCCO1. The first-order valence-electron chi connectivity index (χ1n) is 4.77. The molecule has 0 aromatic carbocycles. The van der Waals surface area contributed by atoms with E-state index in [9.17, 15) is 4.79 Å². The van der Waals surface area contributed by atoms with Gasteiger partial charge in [-0.3, -0.25) is 4.79 Å². The average molecular weight is 184 g/mol. The van der Waals surface area contributed by atoms with Crippen molar-refractivity contribution in [1.82, 2.24) is 0 Å². The molecule has 0 aliphatic carbocycles. The van der Waals surface area contributed by atoms with Crippen LogP contribution in [0.5, 0.6) is 0 Å². The van der Waals surface area contributed by atoms with E-state index in [2.05, 4.69) is 0 Å². The van der Waals surface area contributed by atoms with E-state index < -0.39 is 5.97 Å². The predicted octanol–water partition coefficient (Wildman–Crippen LogP) is 1.98. The molecule has 3 nitrogen and oxygen atoms in total. The molecule has 1 aliphatic heterocycles. The van der Waals surface area contributed by atoms with Crippen molar-refractivity contribution >= 4 is 5.97 Å². The molecule has 0 bridgehead atoms. The summed E-state index contributed by atoms with van der Waals surface area (Å²) in [5, 5.41) is 8.37. The number of rotatable bonds is 4. The fraction of sp³-hybridized carbons (Fsp3) is 0.700. The number of carbonyl (C=O) groups is 1. The van der Waals surface area contributed by atoms with E-state index in [1.807, 2.05) is 6.08 Å². The predicted molar refractivity (Wildman–Crippen MR) is 49.6 cm³/mol. The molecule has 0 aromatic rings. The van der Waals surface area contributed by atoms with Gasteiger partial charge in [0.05, 0.1) is 12.5 Å². The molecule has 74 valence electrons. The third-order valence-electron chi connectivity index (χ3n) is 2.13. The maximum atomic E-state index is 10.2. The highest BCUT2D eigenvalue weighted by Gasteiger charge is 2.11. The van der Waals surface area contributed by atoms with Gasteiger partial charge in [0.2, 0.25) is 0 Å². The van der Waals surface area contributed by atoms with E-state index in [-0.39, 0.29) is 6.42 Å². The minimum absolute atomic E-state index is 0.118. The molecule has 0 spiro atoms. The van der Waals surface area contributed by atoms with Gasteiger partial charge in [0, 0.05) is 6.61 Å². The van der Waals surface area contributed by atoms with Gasteiger partial charge < -0.3 is 9.84 Å². The fourth-order valence-electron chi connectivity index (χ4n) is 1.43. The number of carboxylic acids is 1. The van der Waals surface area contributed by atoms with Crippen molar-refractivity contribution in [3.8, 4) is 0 Å². The summed E-state index contributed by atoms with van der Waals surface area (Å²) < 4.78 is 5.49. The van der Waals surface area contributed by atoms with Crippen LogP contribution in [0.25, 0.3) is 0 Å². The van der Waals surface area contributed by atoms with Gasteiger partial charge in [-0.15, -0.1) is 0 Å². The van der Waals surface area contributed by atoms with Crippen molar-refractivity contribution in [1.29, 1.82) is 0 Å². The second-order valence-electron chi connectivity index (χ2n) is 3.29. The Morgan fingerprint density at radius 2 is 2.31 bits per heavy atom. The Morgan fingerprint density at radius 1 is 1.46 bits per heavy atom. The molecule has 13 heavy (non-hydrogen) atoms. The number of hydrogen-bond donors (Lipinski definition) is 1. The van der Waals surface area contributed by atoms with Crippen LogP contribution in [-0.2, 0) is 9.53 Å². The summed E-state index contributed by atoms with van der Waals surface area (Å²) in [6.45, 7) is 0.859. The van der Waals surface area contributed by atoms with Gasteiger partial charge >= 0.3 is 5.97 Å². The summed E-state index contributed by atoms with van der Waals surface area (Å²) in [5.74, 6) is -0.777. The van der Waals surface area contributed by atoms with Crippen LogP contribution in [0.4, 0.5) is 0 Å². The highest BCUT2D eigenvalue weighted by atomic mass is 16.5. The van der Waals surface area contributed by atoms with Gasteiger partial charge in [0.15, 0.2) is 0 Å². The van der Waals surface area contributed by atoms with Crippen LogP contribution >= 0.6 is 0 Å². The molecule has 3 heteroatoms. The summed E-state index contributed by atoms with van der Waals surface area (Å²) in [6.07, 6.45) is 8.40. The topological polar surface area (TPSA) is 46.5 Å². The number of hydrogen-bond acceptors (Lipinski definition) is 2. The third kappa shape index (κ3) is 4.68. The van der Waals surface area contributed by atoms with Crippen LogP contribution in [-0.4, -0.2) is 23.8 Å². The molecule has 1 fully saturated rings. The van der Waals surface area contributed by atoms with Gasteiger partial charge in [0.1, 0.15) is 0 Å². The summed E-state index contributed by atoms with van der Waals surface area (Å²) in [5.41, 5.74) is 0. The molecule has 1 aliphatic rings. The number of carboxylic acid groups (broad SMARTS) is 1. The Morgan fingerprint density at radius 3 is 2.92 bits per heavy atom. The van der Waals surface area contributed by atoms with Gasteiger partial charge in [-0.25, -0.2) is 0 Å². The van der Waals surface area contributed by atoms with Crippen molar-refractivity contribution in [3.05, 3.63) is 12.2 Å². The van der Waals surface area contributed by atoms with E-state index in [1.165, 1.54) is 6.42 Å². The molecule has 1 N–H and O–H groups in total. The Hall–Kier alpha value is -0.830. The largest absolute Gasteiger partial charge is 0.481 e. The Balaban J connectivity index is 2.09. The molecular formula is C10H16O3. The maximum absolute atomic E-state index is 10.2. The van der Waals surface area contributed by atoms with Crippen molar-refractivity contribution < 1.29 is 14.6 Å². The molecule has 1 heterocycles. The maximum Gasteiger partial charge on any atom is 0.307 e. The molecule has 0 aromatic heterocycles. The quantitative estimate of drug-likeness (QED) is 0.679. The van der Waals surface area contributed by atoms with Crippen LogP contribution in [0.3, 0.4) is 0 Å². The van der Waals surface area contributed by atoms with Crippen LogP contribution in [0, 0.1) is 0 Å². The molecule has 1 unspecified atom stereocenters. The van der Waals surface area contributed by atoms with Crippen molar-refractivity contribution in [2.24, 2.45) is 0 Å². The second-order valence-corrected chi connectivity index (χ2v) is 3.29. The number of aliphatic carboxylic acids is 1. The molecular weight excluding hydrogens is 168 g/mol. The van der Waals surface area contributed by atoms with Crippen molar-refractivity contribution in [2.45, 2.75) is 38.2 Å². The Kier molecular flexibility index (Phi) is 4.54. The Bertz CT molecular complexity index is 181. The van der Waals surface area contributed by atoms with Gasteiger partial charge in [-0.2, -0.15) is 0 Å². The van der Waals surface area contributed by atoms with Crippen LogP contribution in [0.2, 0.25) is 0 Å². The first-order valence-corrected chi connectivity index (χ1v) is 4.77. The molecule has 1 atom stereocenters. The van der Waals surface area contributed by atoms with E-state index >= 15 is 0 Å². The smallest absolute Gasteiger partial charge is 0.307 e. The highest BCUT2D eigenvalue weighted by Crippen LogP contribution is 2.15. The lowest BCUT2D eigenvalue weighted by molar-refractivity contribution is -0.136. The summed E-state index contributed by atoms with van der Waals surface area (Å²) >= 11 is 0. The lowest BCUT2D eigenvalue weighted by Gasteiger charge is -2.20. The van der Waals surface area contributed by atoms with Crippen LogP contribution in [0.1, 0.15) is 32.1 Å². The van der Waals surface area contributed by atoms with E-state index in [1.54, 1.807) is 6.08 Å². The monoisotopic (exact) mass is 184 g/mol. The van der Waals surface area contributed by atoms with Crippen LogP contribution < -0.4 is 0 Å². The van der Waals surface area contributed by atoms with E-state index in [0.717, 1.165) is 25.9 Å². The zero-order chi connectivity index (χ0) is 9.52. The van der Waals surface area contributed by atoms with Crippen molar-refractivity contribution in [3.63, 3.8) is 0 Å². The summed E-state index contributed by atoms with van der Waals surface area (Å²) in [6, 6.07) is 0. The second kappa shape index (κ2) is 5.75. The zero-order valence-corrected chi connectivity index (χ0v) is 7.74. The first-order chi connectivity index (χ1) is 6.29. The van der Waals surface area contributed by atoms with Gasteiger partial charge in [0.25, 0.3) is 0 Å². The lowest BCUT2D eigenvalue weighted by atomic mass is 10.1. The molecule has 0 saturated carbocycles. The molecule has 1 rings (SSSR count). The molecule has 0 radical (unpaired) electrons. The van der Waals surface area contributed by atoms with E-state index in [0.29, 0.717) is 6.10 Å². The zero-order valence-electron chi connectivity index (χ0n) is 7.74. The third-order valence-corrected chi connectivity index (χ3v) is 2.13. The minimum atomic E-state index is -0.777. The molecule has 1 saturated heterocycles. The van der Waals surface area contributed by atoms with E-state index in [4.69, 9.17) is 9.84 Å². The first kappa shape index (κ1) is 10.3. The average Bonchev–Trinajstić information content (AvgIpc) is 2.14. The highest BCUT2D eigenvalue weighted by molar-refractivity contribution is 5.68. The minimum Gasteiger partial charge on any atom is -0.481 e. The standard InChI is InChI=1S/C10H16O3/c11-10(12)7-2-1-5-9-6-3-4-8-13-9/h1-2,9H,3-8H2,(H,11,12)/b2-1-. The van der Waals surface area contributed by atoms with Crippen LogP contribution in [0.15, 0.2) is 12.2 Å². The van der Waals surface area contributed by atoms with Gasteiger partial charge in [-0.05, 0) is 25.7 Å².